The van der Waals surface area contributed by atoms with Crippen molar-refractivity contribution in [1.29, 1.82) is 0 Å². The summed E-state index contributed by atoms with van der Waals surface area (Å²) >= 11 is 0. The fraction of sp³-hybridized carbons (Fsp3) is 0.174. The van der Waals surface area contributed by atoms with E-state index in [1.165, 1.54) is 11.1 Å². The molecule has 1 unspecified atom stereocenters. The largest absolute Gasteiger partial charge is 0.342 e. The molecule has 28 heavy (non-hydrogen) atoms. The minimum atomic E-state index is -0.245. The van der Waals surface area contributed by atoms with E-state index in [2.05, 4.69) is 52.1 Å². The summed E-state index contributed by atoms with van der Waals surface area (Å²) in [7, 11) is 0. The van der Waals surface area contributed by atoms with Crippen LogP contribution in [0.25, 0.3) is 11.0 Å². The van der Waals surface area contributed by atoms with Gasteiger partial charge in [0.1, 0.15) is 5.82 Å². The average molecular weight is 370 g/mol. The molecule has 1 N–H and O–H groups in total. The van der Waals surface area contributed by atoms with Gasteiger partial charge < -0.3 is 9.88 Å². The molecular formula is C23H22N4O. The molecule has 0 radical (unpaired) electrons. The number of carbonyl (C=O) groups excluding carboxylic acids is 1. The van der Waals surface area contributed by atoms with Crippen molar-refractivity contribution >= 4 is 16.9 Å². The van der Waals surface area contributed by atoms with Gasteiger partial charge in [-0.25, -0.2) is 4.98 Å². The highest BCUT2D eigenvalue weighted by Crippen LogP contribution is 2.22. The Morgan fingerprint density at radius 2 is 1.86 bits per heavy atom. The minimum absolute atomic E-state index is 0.158. The predicted octanol–water partition coefficient (Wildman–Crippen LogP) is 4.28. The standard InChI is InChI=1S/C23H22N4O/c1-16-9-11-18(12-10-16)15-27-21-8-4-3-7-20(21)26-22(27)17(2)25-23(28)19-6-5-13-24-14-19/h3-14,17H,15H2,1-2H3,(H,25,28). The molecule has 2 aromatic carbocycles. The zero-order chi connectivity index (χ0) is 19.5. The summed E-state index contributed by atoms with van der Waals surface area (Å²) in [6.45, 7) is 4.74. The molecule has 0 bridgehead atoms. The lowest BCUT2D eigenvalue weighted by Gasteiger charge is -2.16. The molecule has 0 fully saturated rings. The van der Waals surface area contributed by atoms with E-state index in [-0.39, 0.29) is 11.9 Å². The summed E-state index contributed by atoms with van der Waals surface area (Å²) in [5.41, 5.74) is 4.94. The normalized spacial score (nSPS) is 12.1. The Labute approximate surface area is 164 Å². The Hall–Kier alpha value is -3.47. The summed E-state index contributed by atoms with van der Waals surface area (Å²) in [6.07, 6.45) is 3.22. The average Bonchev–Trinajstić information content (AvgIpc) is 3.09. The molecule has 140 valence electrons. The van der Waals surface area contributed by atoms with Gasteiger partial charge in [0.25, 0.3) is 5.91 Å². The van der Waals surface area contributed by atoms with Crippen molar-refractivity contribution < 1.29 is 4.79 Å². The summed E-state index contributed by atoms with van der Waals surface area (Å²) in [4.78, 5) is 21.4. The Kier molecular flexibility index (Phi) is 4.89. The smallest absolute Gasteiger partial charge is 0.253 e. The quantitative estimate of drug-likeness (QED) is 0.570. The molecule has 4 aromatic rings. The molecule has 5 nitrogen and oxygen atoms in total. The maximum absolute atomic E-state index is 12.6. The number of pyridine rings is 1. The molecule has 2 heterocycles. The number of nitrogens with zero attached hydrogens (tertiary/aromatic N) is 3. The number of carbonyl (C=O) groups is 1. The van der Waals surface area contributed by atoms with Crippen molar-refractivity contribution in [3.8, 4) is 0 Å². The van der Waals surface area contributed by atoms with Crippen LogP contribution in [0, 0.1) is 6.92 Å². The number of fused-ring (bicyclic) bond motifs is 1. The van der Waals surface area contributed by atoms with E-state index < -0.39 is 0 Å². The number of nitrogens with one attached hydrogen (secondary N) is 1. The Bertz CT molecular complexity index is 1100. The first-order chi connectivity index (χ1) is 13.6. The second-order valence-corrected chi connectivity index (χ2v) is 6.97. The molecule has 2 aromatic heterocycles. The van der Waals surface area contributed by atoms with Crippen molar-refractivity contribution in [1.82, 2.24) is 19.9 Å². The van der Waals surface area contributed by atoms with E-state index >= 15 is 0 Å². The number of aryl methyl sites for hydroxylation is 1. The van der Waals surface area contributed by atoms with Crippen LogP contribution in [0.15, 0.2) is 73.1 Å². The third-order valence-electron chi connectivity index (χ3n) is 4.80. The molecule has 0 aliphatic carbocycles. The van der Waals surface area contributed by atoms with E-state index in [0.717, 1.165) is 16.9 Å². The van der Waals surface area contributed by atoms with E-state index in [9.17, 15) is 4.79 Å². The fourth-order valence-corrected chi connectivity index (χ4v) is 3.31. The third-order valence-corrected chi connectivity index (χ3v) is 4.80. The molecule has 0 saturated carbocycles. The lowest BCUT2D eigenvalue weighted by atomic mass is 10.1. The molecule has 1 atom stereocenters. The molecule has 1 amide bonds. The monoisotopic (exact) mass is 370 g/mol. The number of amides is 1. The topological polar surface area (TPSA) is 59.8 Å². The van der Waals surface area contributed by atoms with Gasteiger partial charge >= 0.3 is 0 Å². The van der Waals surface area contributed by atoms with E-state index in [4.69, 9.17) is 4.98 Å². The molecular weight excluding hydrogens is 348 g/mol. The molecule has 4 rings (SSSR count). The van der Waals surface area contributed by atoms with E-state index in [1.807, 2.05) is 25.1 Å². The Morgan fingerprint density at radius 1 is 1.07 bits per heavy atom. The number of hydrogen-bond acceptors (Lipinski definition) is 3. The van der Waals surface area contributed by atoms with Gasteiger partial charge in [0.2, 0.25) is 0 Å². The van der Waals surface area contributed by atoms with Gasteiger partial charge in [-0.1, -0.05) is 42.0 Å². The maximum Gasteiger partial charge on any atom is 0.253 e. The highest BCUT2D eigenvalue weighted by atomic mass is 16.1. The van der Waals surface area contributed by atoms with Crippen molar-refractivity contribution in [2.24, 2.45) is 0 Å². The van der Waals surface area contributed by atoms with Gasteiger partial charge in [0.05, 0.1) is 22.6 Å². The lowest BCUT2D eigenvalue weighted by molar-refractivity contribution is 0.0937. The van der Waals surface area contributed by atoms with Crippen molar-refractivity contribution in [2.45, 2.75) is 26.4 Å². The van der Waals surface area contributed by atoms with Crippen LogP contribution >= 0.6 is 0 Å². The summed E-state index contributed by atoms with van der Waals surface area (Å²) in [5, 5.41) is 3.05. The molecule has 0 spiro atoms. The van der Waals surface area contributed by atoms with Gasteiger partial charge in [-0.05, 0) is 43.7 Å². The summed E-state index contributed by atoms with van der Waals surface area (Å²) in [6, 6.07) is 19.8. The number of para-hydroxylation sites is 2. The van der Waals surface area contributed by atoms with Crippen LogP contribution in [-0.2, 0) is 6.54 Å². The minimum Gasteiger partial charge on any atom is -0.342 e. The zero-order valence-corrected chi connectivity index (χ0v) is 16.0. The van der Waals surface area contributed by atoms with Gasteiger partial charge in [0, 0.05) is 18.9 Å². The SMILES string of the molecule is Cc1ccc(Cn2c(C(C)NC(=O)c3cccnc3)nc3ccccc32)cc1. The second-order valence-electron chi connectivity index (χ2n) is 6.97. The zero-order valence-electron chi connectivity index (χ0n) is 16.0. The number of rotatable bonds is 5. The molecule has 0 aliphatic rings. The Balaban J connectivity index is 1.67. The van der Waals surface area contributed by atoms with E-state index in [0.29, 0.717) is 12.1 Å². The summed E-state index contributed by atoms with van der Waals surface area (Å²) < 4.78 is 2.17. The third kappa shape index (κ3) is 3.64. The highest BCUT2D eigenvalue weighted by molar-refractivity contribution is 5.94. The highest BCUT2D eigenvalue weighted by Gasteiger charge is 2.19. The second kappa shape index (κ2) is 7.64. The first-order valence-electron chi connectivity index (χ1n) is 9.33. The van der Waals surface area contributed by atoms with E-state index in [1.54, 1.807) is 24.5 Å². The molecule has 0 aliphatic heterocycles. The van der Waals surface area contributed by atoms with Crippen molar-refractivity contribution in [2.75, 3.05) is 0 Å². The maximum atomic E-state index is 12.6. The van der Waals surface area contributed by atoms with Crippen LogP contribution in [0.1, 0.15) is 40.3 Å². The number of aromatic nitrogens is 3. The first kappa shape index (κ1) is 17.9. The Morgan fingerprint density at radius 3 is 2.61 bits per heavy atom. The van der Waals surface area contributed by atoms with Crippen LogP contribution in [0.4, 0.5) is 0 Å². The number of hydrogen-bond donors (Lipinski definition) is 1. The van der Waals surface area contributed by atoms with Crippen LogP contribution in [0.2, 0.25) is 0 Å². The first-order valence-corrected chi connectivity index (χ1v) is 9.33. The van der Waals surface area contributed by atoms with Gasteiger partial charge in [0.15, 0.2) is 0 Å². The number of benzene rings is 2. The van der Waals surface area contributed by atoms with Crippen LogP contribution in [0.3, 0.4) is 0 Å². The van der Waals surface area contributed by atoms with Crippen LogP contribution < -0.4 is 5.32 Å². The molecule has 0 saturated heterocycles. The summed E-state index contributed by atoms with van der Waals surface area (Å²) in [5.74, 6) is 0.675. The van der Waals surface area contributed by atoms with Gasteiger partial charge in [-0.15, -0.1) is 0 Å². The fourth-order valence-electron chi connectivity index (χ4n) is 3.31. The lowest BCUT2D eigenvalue weighted by Crippen LogP contribution is -2.29. The van der Waals surface area contributed by atoms with Crippen LogP contribution in [-0.4, -0.2) is 20.4 Å². The van der Waals surface area contributed by atoms with Gasteiger partial charge in [-0.3, -0.25) is 9.78 Å². The molecule has 5 heteroatoms. The number of imidazole rings is 1. The van der Waals surface area contributed by atoms with Crippen molar-refractivity contribution in [3.63, 3.8) is 0 Å². The predicted molar refractivity (Wildman–Crippen MR) is 110 cm³/mol. The van der Waals surface area contributed by atoms with Crippen molar-refractivity contribution in [3.05, 3.63) is 95.6 Å². The van der Waals surface area contributed by atoms with Crippen LogP contribution in [0.5, 0.6) is 0 Å². The van der Waals surface area contributed by atoms with Gasteiger partial charge in [-0.2, -0.15) is 0 Å².